The van der Waals surface area contributed by atoms with Crippen LogP contribution >= 0.6 is 47.8 Å². The standard InChI is InChI=1S/C13H13Br3O2/c1-3(17)18-12-8-5-2-4-6(7(5)11(12)14)10(12)13(15,16)9(4)8/h4-11H,2H2,1H3/t4-,5+,6+,7-,8-,9+,10+,11-,12-/m1/s1. The number of rotatable bonds is 1. The highest BCUT2D eigenvalue weighted by atomic mass is 79.9. The zero-order valence-electron chi connectivity index (χ0n) is 9.78. The van der Waals surface area contributed by atoms with E-state index >= 15 is 0 Å². The normalized spacial score (nSPS) is 67.6. The van der Waals surface area contributed by atoms with Gasteiger partial charge in [-0.05, 0) is 36.0 Å². The Morgan fingerprint density at radius 3 is 2.56 bits per heavy atom. The summed E-state index contributed by atoms with van der Waals surface area (Å²) < 4.78 is 5.98. The number of ether oxygens (including phenoxy) is 1. The zero-order chi connectivity index (χ0) is 12.6. The van der Waals surface area contributed by atoms with Crippen molar-refractivity contribution in [2.75, 3.05) is 0 Å². The van der Waals surface area contributed by atoms with Gasteiger partial charge in [0.15, 0.2) is 0 Å². The Morgan fingerprint density at radius 1 is 1.22 bits per heavy atom. The lowest BCUT2D eigenvalue weighted by atomic mass is 9.69. The molecule has 0 aliphatic heterocycles. The maximum Gasteiger partial charge on any atom is 0.303 e. The van der Waals surface area contributed by atoms with Crippen molar-refractivity contribution in [3.63, 3.8) is 0 Å². The molecule has 6 fully saturated rings. The number of hydrogen-bond acceptors (Lipinski definition) is 2. The predicted octanol–water partition coefficient (Wildman–Crippen LogP) is 3.31. The van der Waals surface area contributed by atoms with E-state index in [1.54, 1.807) is 6.92 Å². The highest BCUT2D eigenvalue weighted by Crippen LogP contribution is 2.90. The quantitative estimate of drug-likeness (QED) is 0.462. The second kappa shape index (κ2) is 2.92. The van der Waals surface area contributed by atoms with E-state index in [-0.39, 0.29) is 14.8 Å². The summed E-state index contributed by atoms with van der Waals surface area (Å²) in [5, 5.41) is 0. The van der Waals surface area contributed by atoms with E-state index in [0.717, 1.165) is 23.7 Å². The van der Waals surface area contributed by atoms with Crippen LogP contribution in [0.25, 0.3) is 0 Å². The average Bonchev–Trinajstić information content (AvgIpc) is 2.93. The topological polar surface area (TPSA) is 26.3 Å². The molecular weight excluding hydrogens is 428 g/mol. The number of hydrogen-bond donors (Lipinski definition) is 0. The lowest BCUT2D eigenvalue weighted by Crippen LogP contribution is -2.49. The summed E-state index contributed by atoms with van der Waals surface area (Å²) in [6.07, 6.45) is 1.35. The smallest absolute Gasteiger partial charge is 0.303 e. The van der Waals surface area contributed by atoms with Gasteiger partial charge in [-0.2, -0.15) is 0 Å². The van der Waals surface area contributed by atoms with E-state index < -0.39 is 0 Å². The maximum absolute atomic E-state index is 11.6. The molecule has 6 bridgehead atoms. The van der Waals surface area contributed by atoms with Crippen molar-refractivity contribution in [2.45, 2.75) is 27.0 Å². The van der Waals surface area contributed by atoms with Crippen molar-refractivity contribution in [1.29, 1.82) is 0 Å². The SMILES string of the molecule is CC(=O)O[C@@]12[C@@H]3[C@H]4C[C@@H]5[C@@H]([C@@H]4[C@H]1Br)[C@@H]2C(Br)(Br)[C@@H]53. The van der Waals surface area contributed by atoms with Gasteiger partial charge in [0.2, 0.25) is 0 Å². The molecule has 6 aliphatic carbocycles. The fraction of sp³-hybridized carbons (Fsp3) is 0.923. The fourth-order valence-corrected chi connectivity index (χ4v) is 10.9. The third-order valence-electron chi connectivity index (χ3n) is 6.63. The van der Waals surface area contributed by atoms with Gasteiger partial charge in [-0.15, -0.1) is 0 Å². The van der Waals surface area contributed by atoms with E-state index in [2.05, 4.69) is 47.8 Å². The summed E-state index contributed by atoms with van der Waals surface area (Å²) in [7, 11) is 0. The first-order chi connectivity index (χ1) is 8.42. The highest BCUT2D eigenvalue weighted by molar-refractivity contribution is 9.25. The Kier molecular flexibility index (Phi) is 1.87. The summed E-state index contributed by atoms with van der Waals surface area (Å²) in [5.41, 5.74) is -0.240. The third kappa shape index (κ3) is 0.828. The lowest BCUT2D eigenvalue weighted by molar-refractivity contribution is -0.167. The Hall–Kier alpha value is 0.910. The molecule has 2 nitrogen and oxygen atoms in total. The van der Waals surface area contributed by atoms with Gasteiger partial charge >= 0.3 is 5.97 Å². The van der Waals surface area contributed by atoms with Gasteiger partial charge < -0.3 is 4.74 Å². The molecule has 0 amide bonds. The molecule has 9 atom stereocenters. The van der Waals surface area contributed by atoms with Crippen LogP contribution in [0.15, 0.2) is 0 Å². The number of halogens is 3. The fourth-order valence-electron chi connectivity index (χ4n) is 6.89. The van der Waals surface area contributed by atoms with E-state index in [1.807, 2.05) is 0 Å². The van der Waals surface area contributed by atoms with Gasteiger partial charge in [0.05, 0.1) is 8.06 Å². The summed E-state index contributed by atoms with van der Waals surface area (Å²) in [6, 6.07) is 0. The van der Waals surface area contributed by atoms with Crippen molar-refractivity contribution in [2.24, 2.45) is 41.4 Å². The molecule has 0 N–H and O–H groups in total. The third-order valence-corrected chi connectivity index (χ3v) is 10.00. The minimum atomic E-state index is -0.240. The molecule has 6 rings (SSSR count). The van der Waals surface area contributed by atoms with E-state index in [4.69, 9.17) is 4.74 Å². The molecule has 0 unspecified atom stereocenters. The van der Waals surface area contributed by atoms with Crippen molar-refractivity contribution in [3.8, 4) is 0 Å². The molecule has 0 aromatic heterocycles. The van der Waals surface area contributed by atoms with E-state index in [1.165, 1.54) is 6.42 Å². The second-order valence-electron chi connectivity index (χ2n) is 6.77. The molecule has 0 saturated heterocycles. The minimum Gasteiger partial charge on any atom is -0.457 e. The van der Waals surface area contributed by atoms with Gasteiger partial charge in [0.25, 0.3) is 0 Å². The van der Waals surface area contributed by atoms with Crippen LogP contribution in [0.3, 0.4) is 0 Å². The minimum absolute atomic E-state index is 0.00146. The number of alkyl halides is 3. The predicted molar refractivity (Wildman–Crippen MR) is 76.8 cm³/mol. The molecule has 0 aromatic carbocycles. The summed E-state index contributed by atoms with van der Waals surface area (Å²) in [4.78, 5) is 12.0. The zero-order valence-corrected chi connectivity index (χ0v) is 14.5. The molecule has 98 valence electrons. The Balaban J connectivity index is 1.76. The number of carbonyl (C=O) groups is 1. The van der Waals surface area contributed by atoms with Crippen molar-refractivity contribution in [3.05, 3.63) is 0 Å². The highest BCUT2D eigenvalue weighted by Gasteiger charge is 2.93. The number of carbonyl (C=O) groups excluding carboxylic acids is 1. The average molecular weight is 441 g/mol. The Morgan fingerprint density at radius 2 is 1.89 bits per heavy atom. The molecule has 0 aromatic rings. The molecule has 18 heavy (non-hydrogen) atoms. The first-order valence-electron chi connectivity index (χ1n) is 6.64. The van der Waals surface area contributed by atoms with Crippen molar-refractivity contribution >= 4 is 53.8 Å². The Bertz CT molecular complexity index is 493. The van der Waals surface area contributed by atoms with Gasteiger partial charge in [-0.1, -0.05) is 47.8 Å². The molecule has 6 saturated carbocycles. The first-order valence-corrected chi connectivity index (χ1v) is 9.14. The first kappa shape index (κ1) is 11.6. The maximum atomic E-state index is 11.6. The molecule has 0 spiro atoms. The van der Waals surface area contributed by atoms with E-state index in [9.17, 15) is 4.79 Å². The van der Waals surface area contributed by atoms with Crippen LogP contribution in [-0.2, 0) is 9.53 Å². The second-order valence-corrected chi connectivity index (χ2v) is 11.4. The summed E-state index contributed by atoms with van der Waals surface area (Å²) in [5.74, 6) is 4.64. The lowest BCUT2D eigenvalue weighted by Gasteiger charge is -2.41. The molecule has 0 heterocycles. The van der Waals surface area contributed by atoms with Gasteiger partial charge in [0.1, 0.15) is 5.60 Å². The largest absolute Gasteiger partial charge is 0.457 e. The van der Waals surface area contributed by atoms with Gasteiger partial charge in [-0.3, -0.25) is 4.79 Å². The van der Waals surface area contributed by atoms with Crippen LogP contribution in [0, 0.1) is 41.4 Å². The van der Waals surface area contributed by atoms with Crippen LogP contribution in [0.2, 0.25) is 0 Å². The van der Waals surface area contributed by atoms with Crippen molar-refractivity contribution in [1.82, 2.24) is 0 Å². The molecule has 6 aliphatic rings. The van der Waals surface area contributed by atoms with Crippen LogP contribution in [0.4, 0.5) is 0 Å². The van der Waals surface area contributed by atoms with E-state index in [0.29, 0.717) is 22.6 Å². The van der Waals surface area contributed by atoms with Crippen LogP contribution in [0.1, 0.15) is 13.3 Å². The van der Waals surface area contributed by atoms with Crippen LogP contribution in [0.5, 0.6) is 0 Å². The molecule has 5 heteroatoms. The summed E-state index contributed by atoms with van der Waals surface area (Å²) >= 11 is 11.8. The van der Waals surface area contributed by atoms with Crippen LogP contribution in [-0.4, -0.2) is 19.6 Å². The monoisotopic (exact) mass is 438 g/mol. The summed E-state index contributed by atoms with van der Waals surface area (Å²) in [6.45, 7) is 1.56. The Labute approximate surface area is 131 Å². The number of esters is 1. The van der Waals surface area contributed by atoms with Crippen LogP contribution < -0.4 is 0 Å². The van der Waals surface area contributed by atoms with Gasteiger partial charge in [0, 0.05) is 18.8 Å². The van der Waals surface area contributed by atoms with Crippen molar-refractivity contribution < 1.29 is 9.53 Å². The molecule has 0 radical (unpaired) electrons. The molecular formula is C13H13Br3O2. The van der Waals surface area contributed by atoms with Gasteiger partial charge in [-0.25, -0.2) is 0 Å².